The van der Waals surface area contributed by atoms with Gasteiger partial charge in [-0.1, -0.05) is 42.5 Å². The summed E-state index contributed by atoms with van der Waals surface area (Å²) in [6.07, 6.45) is 0. The third kappa shape index (κ3) is 8.10. The molecule has 4 aromatic carbocycles. The van der Waals surface area contributed by atoms with Gasteiger partial charge in [0.15, 0.2) is 11.6 Å². The predicted molar refractivity (Wildman–Crippen MR) is 169 cm³/mol. The average Bonchev–Trinajstić information content (AvgIpc) is 3.04. The number of ether oxygens (including phenoxy) is 3. The Morgan fingerprint density at radius 2 is 1.05 bits per heavy atom. The molecule has 0 aliphatic carbocycles. The second-order valence-electron chi connectivity index (χ2n) is 9.82. The molecule has 0 amide bonds. The van der Waals surface area contributed by atoms with E-state index in [0.29, 0.717) is 33.8 Å². The molecule has 0 spiro atoms. The Morgan fingerprint density at radius 3 is 1.55 bits per heavy atom. The molecule has 0 bridgehead atoms. The standard InChI is InChI=1S/C35H34N2O7/c1-23(38)28-8-4-6-10-32(28)36-18-20-43-34(40)30-17-14-26(25-12-15-27(42-3)16-13-25)22-31(30)35(41)44-21-19-37-33-11-7-5-9-29(33)24(2)39/h4-17,22,36-37H,18-21H2,1-3H3. The van der Waals surface area contributed by atoms with Crippen LogP contribution in [0.15, 0.2) is 91.0 Å². The number of methoxy groups -OCH3 is 1. The highest BCUT2D eigenvalue weighted by Crippen LogP contribution is 2.26. The topological polar surface area (TPSA) is 120 Å². The van der Waals surface area contributed by atoms with Gasteiger partial charge in [0.25, 0.3) is 0 Å². The van der Waals surface area contributed by atoms with Crippen molar-refractivity contribution in [1.29, 1.82) is 0 Å². The molecule has 0 saturated heterocycles. The Bertz CT molecular complexity index is 1650. The normalized spacial score (nSPS) is 10.4. The van der Waals surface area contributed by atoms with Crippen molar-refractivity contribution in [3.8, 4) is 16.9 Å². The summed E-state index contributed by atoms with van der Waals surface area (Å²) in [5.41, 5.74) is 3.99. The maximum Gasteiger partial charge on any atom is 0.339 e. The summed E-state index contributed by atoms with van der Waals surface area (Å²) in [5.74, 6) is -0.854. The van der Waals surface area contributed by atoms with Crippen LogP contribution in [0.2, 0.25) is 0 Å². The Balaban J connectivity index is 1.46. The van der Waals surface area contributed by atoms with Crippen LogP contribution in [0.25, 0.3) is 11.1 Å². The van der Waals surface area contributed by atoms with Crippen molar-refractivity contribution in [3.05, 3.63) is 113 Å². The maximum atomic E-state index is 13.3. The Morgan fingerprint density at radius 1 is 0.568 bits per heavy atom. The first-order valence-electron chi connectivity index (χ1n) is 14.1. The van der Waals surface area contributed by atoms with Crippen LogP contribution >= 0.6 is 0 Å². The van der Waals surface area contributed by atoms with Gasteiger partial charge in [-0.25, -0.2) is 9.59 Å². The zero-order chi connectivity index (χ0) is 31.5. The van der Waals surface area contributed by atoms with Gasteiger partial charge in [-0.05, 0) is 73.5 Å². The van der Waals surface area contributed by atoms with Gasteiger partial charge in [0.2, 0.25) is 0 Å². The van der Waals surface area contributed by atoms with Crippen LogP contribution in [0.5, 0.6) is 5.75 Å². The molecule has 0 fully saturated rings. The lowest BCUT2D eigenvalue weighted by molar-refractivity contribution is 0.0473. The number of ketones is 2. The van der Waals surface area contributed by atoms with E-state index in [1.807, 2.05) is 12.1 Å². The second kappa shape index (κ2) is 15.2. The van der Waals surface area contributed by atoms with E-state index in [9.17, 15) is 19.2 Å². The van der Waals surface area contributed by atoms with Crippen molar-refractivity contribution in [2.75, 3.05) is 44.0 Å². The minimum atomic E-state index is -0.692. The fourth-order valence-corrected chi connectivity index (χ4v) is 4.56. The first-order chi connectivity index (χ1) is 21.3. The second-order valence-corrected chi connectivity index (χ2v) is 9.82. The molecule has 2 N–H and O–H groups in total. The van der Waals surface area contributed by atoms with Gasteiger partial charge in [-0.2, -0.15) is 0 Å². The monoisotopic (exact) mass is 594 g/mol. The average molecular weight is 595 g/mol. The zero-order valence-corrected chi connectivity index (χ0v) is 24.8. The maximum absolute atomic E-state index is 13.3. The highest BCUT2D eigenvalue weighted by molar-refractivity contribution is 6.04. The largest absolute Gasteiger partial charge is 0.497 e. The number of para-hydroxylation sites is 2. The van der Waals surface area contributed by atoms with Crippen molar-refractivity contribution >= 4 is 34.9 Å². The SMILES string of the molecule is COc1ccc(-c2ccc(C(=O)OCCNc3ccccc3C(C)=O)c(C(=O)OCCNc3ccccc3C(C)=O)c2)cc1. The Labute approximate surface area is 256 Å². The molecule has 44 heavy (non-hydrogen) atoms. The van der Waals surface area contributed by atoms with Crippen LogP contribution in [-0.2, 0) is 9.47 Å². The highest BCUT2D eigenvalue weighted by Gasteiger charge is 2.21. The van der Waals surface area contributed by atoms with Crippen LogP contribution in [0, 0.1) is 0 Å². The van der Waals surface area contributed by atoms with Crippen LogP contribution in [-0.4, -0.2) is 56.9 Å². The van der Waals surface area contributed by atoms with Gasteiger partial charge >= 0.3 is 11.9 Å². The summed E-state index contributed by atoms with van der Waals surface area (Å²) in [7, 11) is 1.58. The molecule has 0 aliphatic rings. The molecular weight excluding hydrogens is 560 g/mol. The molecular formula is C35H34N2O7. The molecule has 226 valence electrons. The lowest BCUT2D eigenvalue weighted by Crippen LogP contribution is -2.20. The summed E-state index contributed by atoms with van der Waals surface area (Å²) < 4.78 is 16.2. The number of esters is 2. The quantitative estimate of drug-likeness (QED) is 0.0984. The van der Waals surface area contributed by atoms with Crippen LogP contribution in [0.1, 0.15) is 55.3 Å². The van der Waals surface area contributed by atoms with Gasteiger partial charge in [-0.3, -0.25) is 9.59 Å². The van der Waals surface area contributed by atoms with Crippen molar-refractivity contribution < 1.29 is 33.4 Å². The summed E-state index contributed by atoms with van der Waals surface area (Å²) in [6.45, 7) is 3.47. The highest BCUT2D eigenvalue weighted by atomic mass is 16.5. The fraction of sp³-hybridized carbons (Fsp3) is 0.200. The first kappa shape index (κ1) is 31.5. The van der Waals surface area contributed by atoms with E-state index in [-0.39, 0.29) is 49.0 Å². The molecule has 0 radical (unpaired) electrons. The first-order valence-corrected chi connectivity index (χ1v) is 14.1. The minimum absolute atomic E-state index is 0.000725. The number of benzene rings is 4. The van der Waals surface area contributed by atoms with E-state index >= 15 is 0 Å². The molecule has 0 saturated carbocycles. The molecule has 9 nitrogen and oxygen atoms in total. The molecule has 0 heterocycles. The third-order valence-corrected chi connectivity index (χ3v) is 6.80. The fourth-order valence-electron chi connectivity index (χ4n) is 4.56. The lowest BCUT2D eigenvalue weighted by Gasteiger charge is -2.14. The van der Waals surface area contributed by atoms with Crippen LogP contribution in [0.4, 0.5) is 11.4 Å². The van der Waals surface area contributed by atoms with Crippen molar-refractivity contribution in [2.24, 2.45) is 0 Å². The Kier molecular flexibility index (Phi) is 10.8. The number of Topliss-reactive ketones (excluding diaryl/α,β-unsaturated/α-hetero) is 2. The van der Waals surface area contributed by atoms with Crippen LogP contribution in [0.3, 0.4) is 0 Å². The number of nitrogens with one attached hydrogen (secondary N) is 2. The molecule has 0 aliphatic heterocycles. The number of carbonyl (C=O) groups is 4. The summed E-state index contributed by atoms with van der Waals surface area (Å²) in [6, 6.07) is 26.3. The minimum Gasteiger partial charge on any atom is -0.497 e. The van der Waals surface area contributed by atoms with Crippen LogP contribution < -0.4 is 15.4 Å². The number of carbonyl (C=O) groups excluding carboxylic acids is 4. The molecule has 0 unspecified atom stereocenters. The van der Waals surface area contributed by atoms with Crippen molar-refractivity contribution in [1.82, 2.24) is 0 Å². The molecule has 0 atom stereocenters. The number of anilines is 2. The van der Waals surface area contributed by atoms with E-state index in [4.69, 9.17) is 14.2 Å². The van der Waals surface area contributed by atoms with Gasteiger partial charge in [0.1, 0.15) is 19.0 Å². The zero-order valence-electron chi connectivity index (χ0n) is 24.8. The smallest absolute Gasteiger partial charge is 0.339 e. The predicted octanol–water partition coefficient (Wildman–Crippen LogP) is 6.31. The van der Waals surface area contributed by atoms with E-state index in [0.717, 1.165) is 5.56 Å². The molecule has 0 aromatic heterocycles. The lowest BCUT2D eigenvalue weighted by atomic mass is 9.99. The number of hydrogen-bond donors (Lipinski definition) is 2. The molecule has 9 heteroatoms. The van der Waals surface area contributed by atoms with E-state index in [1.54, 1.807) is 86.0 Å². The van der Waals surface area contributed by atoms with E-state index < -0.39 is 11.9 Å². The van der Waals surface area contributed by atoms with E-state index in [1.165, 1.54) is 13.8 Å². The van der Waals surface area contributed by atoms with Gasteiger partial charge < -0.3 is 24.8 Å². The van der Waals surface area contributed by atoms with Gasteiger partial charge in [0.05, 0.1) is 18.2 Å². The molecule has 4 aromatic rings. The van der Waals surface area contributed by atoms with Crippen molar-refractivity contribution in [3.63, 3.8) is 0 Å². The number of hydrogen-bond acceptors (Lipinski definition) is 9. The van der Waals surface area contributed by atoms with E-state index in [2.05, 4.69) is 10.6 Å². The summed E-state index contributed by atoms with van der Waals surface area (Å²) >= 11 is 0. The third-order valence-electron chi connectivity index (χ3n) is 6.80. The Hall–Kier alpha value is -5.44. The van der Waals surface area contributed by atoms with Crippen molar-refractivity contribution in [2.45, 2.75) is 13.8 Å². The van der Waals surface area contributed by atoms with Gasteiger partial charge in [0, 0.05) is 35.6 Å². The summed E-state index contributed by atoms with van der Waals surface area (Å²) in [4.78, 5) is 50.2. The summed E-state index contributed by atoms with van der Waals surface area (Å²) in [5, 5.41) is 6.23. The van der Waals surface area contributed by atoms with Gasteiger partial charge in [-0.15, -0.1) is 0 Å². The molecule has 4 rings (SSSR count). The number of rotatable bonds is 14.